The van der Waals surface area contributed by atoms with Crippen LogP contribution in [0.25, 0.3) is 0 Å². The summed E-state index contributed by atoms with van der Waals surface area (Å²) in [7, 11) is 3.34. The molecule has 106 valence electrons. The lowest BCUT2D eigenvalue weighted by Crippen LogP contribution is -2.18. The number of hydrogen-bond acceptors (Lipinski definition) is 4. The van der Waals surface area contributed by atoms with Gasteiger partial charge >= 0.3 is 5.97 Å². The van der Waals surface area contributed by atoms with Crippen molar-refractivity contribution in [2.45, 2.75) is 13.1 Å². The van der Waals surface area contributed by atoms with Gasteiger partial charge in [0.05, 0.1) is 19.9 Å². The predicted molar refractivity (Wildman–Crippen MR) is 79.4 cm³/mol. The Morgan fingerprint density at radius 3 is 2.75 bits per heavy atom. The molecule has 4 nitrogen and oxygen atoms in total. The number of furan rings is 1. The Morgan fingerprint density at radius 2 is 2.05 bits per heavy atom. The van der Waals surface area contributed by atoms with E-state index in [1.807, 2.05) is 25.2 Å². The minimum absolute atomic E-state index is 0.372. The van der Waals surface area contributed by atoms with Crippen molar-refractivity contribution in [3.63, 3.8) is 0 Å². The maximum atomic E-state index is 11.6. The molecule has 0 bridgehead atoms. The van der Waals surface area contributed by atoms with Gasteiger partial charge in [-0.25, -0.2) is 4.79 Å². The molecule has 0 saturated carbocycles. The highest BCUT2D eigenvalue weighted by Crippen LogP contribution is 2.19. The minimum atomic E-state index is -0.372. The minimum Gasteiger partial charge on any atom is -0.467 e. The number of rotatable bonds is 5. The molecule has 2 aromatic rings. The number of hydrogen-bond donors (Lipinski definition) is 0. The van der Waals surface area contributed by atoms with Crippen molar-refractivity contribution in [1.29, 1.82) is 0 Å². The molecule has 1 aromatic carbocycles. The van der Waals surface area contributed by atoms with Crippen LogP contribution in [0.4, 0.5) is 0 Å². The molecule has 0 N–H and O–H groups in total. The van der Waals surface area contributed by atoms with Gasteiger partial charge in [0.15, 0.2) is 0 Å². The molecule has 1 aromatic heterocycles. The van der Waals surface area contributed by atoms with Crippen molar-refractivity contribution in [1.82, 2.24) is 4.90 Å². The van der Waals surface area contributed by atoms with Gasteiger partial charge in [-0.1, -0.05) is 34.1 Å². The van der Waals surface area contributed by atoms with E-state index in [2.05, 4.69) is 26.9 Å². The first-order valence-electron chi connectivity index (χ1n) is 6.18. The Labute approximate surface area is 126 Å². The number of ether oxygens (including phenoxy) is 1. The molecule has 20 heavy (non-hydrogen) atoms. The Kier molecular flexibility index (Phi) is 4.98. The van der Waals surface area contributed by atoms with E-state index in [1.165, 1.54) is 18.9 Å². The zero-order chi connectivity index (χ0) is 14.5. The number of halogens is 1. The SMILES string of the molecule is COC(=O)c1ccoc1CN(C)Cc1ccccc1Br. The van der Waals surface area contributed by atoms with Gasteiger partial charge in [0, 0.05) is 11.0 Å². The Balaban J connectivity index is 2.05. The van der Waals surface area contributed by atoms with E-state index in [1.54, 1.807) is 6.07 Å². The number of carbonyl (C=O) groups excluding carboxylic acids is 1. The van der Waals surface area contributed by atoms with Gasteiger partial charge in [-0.3, -0.25) is 4.90 Å². The molecule has 0 radical (unpaired) electrons. The first-order valence-corrected chi connectivity index (χ1v) is 6.97. The Bertz CT molecular complexity index is 594. The average Bonchev–Trinajstić information content (AvgIpc) is 2.88. The molecule has 0 fully saturated rings. The summed E-state index contributed by atoms with van der Waals surface area (Å²) in [6.45, 7) is 1.29. The van der Waals surface area contributed by atoms with E-state index >= 15 is 0 Å². The highest BCUT2D eigenvalue weighted by molar-refractivity contribution is 9.10. The van der Waals surface area contributed by atoms with Crippen LogP contribution in [0.1, 0.15) is 21.7 Å². The summed E-state index contributed by atoms with van der Waals surface area (Å²) >= 11 is 3.53. The van der Waals surface area contributed by atoms with Crippen LogP contribution in [-0.4, -0.2) is 25.0 Å². The van der Waals surface area contributed by atoms with Crippen LogP contribution in [0.5, 0.6) is 0 Å². The lowest BCUT2D eigenvalue weighted by atomic mass is 10.2. The van der Waals surface area contributed by atoms with Gasteiger partial charge < -0.3 is 9.15 Å². The molecule has 0 amide bonds. The van der Waals surface area contributed by atoms with Crippen LogP contribution in [0, 0.1) is 0 Å². The van der Waals surface area contributed by atoms with Crippen LogP contribution in [0.15, 0.2) is 45.5 Å². The summed E-state index contributed by atoms with van der Waals surface area (Å²) in [5.41, 5.74) is 1.66. The maximum Gasteiger partial charge on any atom is 0.341 e. The zero-order valence-electron chi connectivity index (χ0n) is 11.4. The molecule has 0 unspecified atom stereocenters. The van der Waals surface area contributed by atoms with Gasteiger partial charge in [-0.15, -0.1) is 0 Å². The zero-order valence-corrected chi connectivity index (χ0v) is 13.0. The Morgan fingerprint density at radius 1 is 1.30 bits per heavy atom. The van der Waals surface area contributed by atoms with E-state index in [-0.39, 0.29) is 5.97 Å². The summed E-state index contributed by atoms with van der Waals surface area (Å²) in [6, 6.07) is 9.68. The normalized spacial score (nSPS) is 10.8. The van der Waals surface area contributed by atoms with Gasteiger partial charge in [0.25, 0.3) is 0 Å². The summed E-state index contributed by atoms with van der Waals surface area (Å²) in [4.78, 5) is 13.7. The molecule has 0 saturated heterocycles. The number of benzene rings is 1. The second kappa shape index (κ2) is 6.72. The number of nitrogens with zero attached hydrogens (tertiary/aromatic N) is 1. The topological polar surface area (TPSA) is 42.7 Å². The third-order valence-corrected chi connectivity index (χ3v) is 3.74. The van der Waals surface area contributed by atoms with Crippen molar-refractivity contribution in [2.24, 2.45) is 0 Å². The fraction of sp³-hybridized carbons (Fsp3) is 0.267. The van der Waals surface area contributed by atoms with Crippen LogP contribution in [0.2, 0.25) is 0 Å². The van der Waals surface area contributed by atoms with Crippen molar-refractivity contribution in [3.8, 4) is 0 Å². The second-order valence-electron chi connectivity index (χ2n) is 4.51. The molecule has 1 heterocycles. The van der Waals surface area contributed by atoms with E-state index in [4.69, 9.17) is 9.15 Å². The first-order chi connectivity index (χ1) is 9.61. The fourth-order valence-corrected chi connectivity index (χ4v) is 2.38. The van der Waals surface area contributed by atoms with E-state index < -0.39 is 0 Å². The third-order valence-electron chi connectivity index (χ3n) is 2.96. The van der Waals surface area contributed by atoms with Crippen molar-refractivity contribution < 1.29 is 13.9 Å². The Hall–Kier alpha value is -1.59. The second-order valence-corrected chi connectivity index (χ2v) is 5.37. The van der Waals surface area contributed by atoms with E-state index in [9.17, 15) is 4.79 Å². The monoisotopic (exact) mass is 337 g/mol. The average molecular weight is 338 g/mol. The van der Waals surface area contributed by atoms with Gasteiger partial charge in [0.2, 0.25) is 0 Å². The fourth-order valence-electron chi connectivity index (χ4n) is 1.97. The van der Waals surface area contributed by atoms with E-state index in [0.29, 0.717) is 17.9 Å². The van der Waals surface area contributed by atoms with Gasteiger partial charge in [-0.05, 0) is 24.7 Å². The molecule has 2 rings (SSSR count). The van der Waals surface area contributed by atoms with E-state index in [0.717, 1.165) is 11.0 Å². The molecule has 0 atom stereocenters. The highest BCUT2D eigenvalue weighted by Gasteiger charge is 2.16. The summed E-state index contributed by atoms with van der Waals surface area (Å²) in [6.07, 6.45) is 1.51. The molecule has 5 heteroatoms. The summed E-state index contributed by atoms with van der Waals surface area (Å²) in [5, 5.41) is 0. The number of carbonyl (C=O) groups is 1. The largest absolute Gasteiger partial charge is 0.467 e. The van der Waals surface area contributed by atoms with Crippen LogP contribution in [0.3, 0.4) is 0 Å². The van der Waals surface area contributed by atoms with Crippen molar-refractivity contribution >= 4 is 21.9 Å². The molecule has 0 aliphatic carbocycles. The molecular weight excluding hydrogens is 322 g/mol. The molecule has 0 spiro atoms. The molecular formula is C15H16BrNO3. The maximum absolute atomic E-state index is 11.6. The standard InChI is InChI=1S/C15H16BrNO3/c1-17(9-11-5-3-4-6-13(11)16)10-14-12(7-8-20-14)15(18)19-2/h3-8H,9-10H2,1-2H3. The highest BCUT2D eigenvalue weighted by atomic mass is 79.9. The predicted octanol–water partition coefficient (Wildman–Crippen LogP) is 3.46. The van der Waals surface area contributed by atoms with Crippen LogP contribution < -0.4 is 0 Å². The van der Waals surface area contributed by atoms with Crippen molar-refractivity contribution in [2.75, 3.05) is 14.2 Å². The third kappa shape index (κ3) is 3.49. The van der Waals surface area contributed by atoms with Crippen LogP contribution in [-0.2, 0) is 17.8 Å². The quantitative estimate of drug-likeness (QED) is 0.783. The first kappa shape index (κ1) is 14.8. The summed E-state index contributed by atoms with van der Waals surface area (Å²) in [5.74, 6) is 0.245. The lowest BCUT2D eigenvalue weighted by Gasteiger charge is -2.16. The van der Waals surface area contributed by atoms with Gasteiger partial charge in [0.1, 0.15) is 11.3 Å². The molecule has 0 aliphatic rings. The smallest absolute Gasteiger partial charge is 0.341 e. The van der Waals surface area contributed by atoms with Crippen molar-refractivity contribution in [3.05, 3.63) is 58.0 Å². The lowest BCUT2D eigenvalue weighted by molar-refractivity contribution is 0.0596. The van der Waals surface area contributed by atoms with Gasteiger partial charge in [-0.2, -0.15) is 0 Å². The number of esters is 1. The summed E-state index contributed by atoms with van der Waals surface area (Å²) < 4.78 is 11.2. The van der Waals surface area contributed by atoms with Crippen LogP contribution >= 0.6 is 15.9 Å². The number of methoxy groups -OCH3 is 1. The molecule has 0 aliphatic heterocycles.